The van der Waals surface area contributed by atoms with Gasteiger partial charge >= 0.3 is 6.61 Å². The highest BCUT2D eigenvalue weighted by molar-refractivity contribution is 6.30. The molecule has 0 fully saturated rings. The highest BCUT2D eigenvalue weighted by Gasteiger charge is 2.12. The molecule has 0 aliphatic carbocycles. The van der Waals surface area contributed by atoms with Gasteiger partial charge in [0.1, 0.15) is 5.75 Å². The number of rotatable bonds is 6. The van der Waals surface area contributed by atoms with Crippen molar-refractivity contribution < 1.29 is 13.5 Å². The van der Waals surface area contributed by atoms with E-state index in [1.165, 1.54) is 12.1 Å². The van der Waals surface area contributed by atoms with Crippen molar-refractivity contribution in [1.29, 1.82) is 0 Å². The third-order valence-corrected chi connectivity index (χ3v) is 3.26. The molecule has 0 saturated heterocycles. The topological polar surface area (TPSA) is 34.1 Å². The van der Waals surface area contributed by atoms with Crippen molar-refractivity contribution in [2.24, 2.45) is 0 Å². The van der Waals surface area contributed by atoms with Gasteiger partial charge in [-0.05, 0) is 36.8 Å². The first-order chi connectivity index (χ1) is 10.1. The molecule has 6 heteroatoms. The maximum absolute atomic E-state index is 12.4. The highest BCUT2D eigenvalue weighted by atomic mass is 35.5. The van der Waals surface area contributed by atoms with Crippen LogP contribution in [-0.4, -0.2) is 11.6 Å². The second-order valence-electron chi connectivity index (χ2n) is 4.52. The number of nitrogens with zero attached hydrogens (tertiary/aromatic N) is 1. The Morgan fingerprint density at radius 3 is 2.81 bits per heavy atom. The van der Waals surface area contributed by atoms with Gasteiger partial charge in [0.2, 0.25) is 0 Å². The summed E-state index contributed by atoms with van der Waals surface area (Å²) >= 11 is 5.90. The Bertz CT molecular complexity index is 581. The molecule has 2 aromatic rings. The van der Waals surface area contributed by atoms with Gasteiger partial charge in [-0.3, -0.25) is 4.98 Å². The molecule has 0 unspecified atom stereocenters. The molecule has 0 aliphatic rings. The summed E-state index contributed by atoms with van der Waals surface area (Å²) in [7, 11) is 0. The quantitative estimate of drug-likeness (QED) is 0.868. The van der Waals surface area contributed by atoms with Gasteiger partial charge in [0.05, 0.1) is 0 Å². The number of ether oxygens (including phenoxy) is 1. The van der Waals surface area contributed by atoms with E-state index in [1.54, 1.807) is 18.5 Å². The Kier molecular flexibility index (Phi) is 5.47. The Hall–Kier alpha value is -1.72. The minimum Gasteiger partial charge on any atom is -0.434 e. The third kappa shape index (κ3) is 4.65. The Morgan fingerprint density at radius 2 is 2.14 bits per heavy atom. The van der Waals surface area contributed by atoms with Crippen LogP contribution in [0.25, 0.3) is 0 Å². The van der Waals surface area contributed by atoms with E-state index in [2.05, 4.69) is 15.0 Å². The summed E-state index contributed by atoms with van der Waals surface area (Å²) < 4.78 is 29.3. The normalized spacial score (nSPS) is 12.4. The number of hydrogen-bond acceptors (Lipinski definition) is 3. The maximum atomic E-state index is 12.4. The molecule has 2 rings (SSSR count). The largest absolute Gasteiger partial charge is 0.434 e. The van der Waals surface area contributed by atoms with Crippen molar-refractivity contribution in [3.8, 4) is 5.75 Å². The Morgan fingerprint density at radius 1 is 1.33 bits per heavy atom. The van der Waals surface area contributed by atoms with Crippen LogP contribution >= 0.6 is 11.6 Å². The summed E-state index contributed by atoms with van der Waals surface area (Å²) in [4.78, 5) is 4.05. The number of alkyl halides is 2. The monoisotopic (exact) mass is 312 g/mol. The first kappa shape index (κ1) is 15.7. The van der Waals surface area contributed by atoms with Crippen LogP contribution in [0.5, 0.6) is 5.75 Å². The van der Waals surface area contributed by atoms with Gasteiger partial charge in [-0.2, -0.15) is 8.78 Å². The van der Waals surface area contributed by atoms with Crippen molar-refractivity contribution in [2.45, 2.75) is 26.1 Å². The van der Waals surface area contributed by atoms with Gasteiger partial charge in [-0.25, -0.2) is 0 Å². The predicted octanol–water partition coefficient (Wildman–Crippen LogP) is 4.19. The maximum Gasteiger partial charge on any atom is 0.387 e. The molecule has 0 radical (unpaired) electrons. The zero-order valence-electron chi connectivity index (χ0n) is 11.4. The SMILES string of the molecule is C[C@@H](NCc1cc(Cl)ccc1OC(F)F)c1cccnc1. The zero-order chi connectivity index (χ0) is 15.2. The fourth-order valence-corrected chi connectivity index (χ4v) is 2.10. The van der Waals surface area contributed by atoms with Crippen molar-refractivity contribution >= 4 is 11.6 Å². The van der Waals surface area contributed by atoms with E-state index in [0.717, 1.165) is 5.56 Å². The van der Waals surface area contributed by atoms with Crippen LogP contribution in [-0.2, 0) is 6.54 Å². The van der Waals surface area contributed by atoms with Gasteiger partial charge in [-0.15, -0.1) is 0 Å². The fourth-order valence-electron chi connectivity index (χ4n) is 1.91. The second-order valence-corrected chi connectivity index (χ2v) is 4.96. The first-order valence-corrected chi connectivity index (χ1v) is 6.80. The van der Waals surface area contributed by atoms with Crippen LogP contribution in [0, 0.1) is 0 Å². The van der Waals surface area contributed by atoms with Gasteiger partial charge in [0.25, 0.3) is 0 Å². The van der Waals surface area contributed by atoms with Gasteiger partial charge < -0.3 is 10.1 Å². The summed E-state index contributed by atoms with van der Waals surface area (Å²) in [6.07, 6.45) is 3.45. The zero-order valence-corrected chi connectivity index (χ0v) is 12.1. The van der Waals surface area contributed by atoms with Gasteiger partial charge in [0, 0.05) is 35.6 Å². The average molecular weight is 313 g/mol. The summed E-state index contributed by atoms with van der Waals surface area (Å²) in [6, 6.07) is 8.39. The summed E-state index contributed by atoms with van der Waals surface area (Å²) in [6.45, 7) is -0.533. The first-order valence-electron chi connectivity index (χ1n) is 6.43. The molecule has 1 N–H and O–H groups in total. The van der Waals surface area contributed by atoms with E-state index in [9.17, 15) is 8.78 Å². The molecule has 112 valence electrons. The molecule has 21 heavy (non-hydrogen) atoms. The van der Waals surface area contributed by atoms with E-state index in [-0.39, 0.29) is 11.8 Å². The van der Waals surface area contributed by atoms with E-state index < -0.39 is 6.61 Å². The number of halogens is 3. The van der Waals surface area contributed by atoms with Gasteiger partial charge in [0.15, 0.2) is 0 Å². The van der Waals surface area contributed by atoms with E-state index in [4.69, 9.17) is 11.6 Å². The van der Waals surface area contributed by atoms with Crippen molar-refractivity contribution in [3.63, 3.8) is 0 Å². The number of pyridine rings is 1. The average Bonchev–Trinajstić information content (AvgIpc) is 2.47. The molecule has 3 nitrogen and oxygen atoms in total. The number of aromatic nitrogens is 1. The highest BCUT2D eigenvalue weighted by Crippen LogP contribution is 2.25. The van der Waals surface area contributed by atoms with Crippen LogP contribution in [0.3, 0.4) is 0 Å². The standard InChI is InChI=1S/C15H15ClF2N2O/c1-10(11-3-2-6-19-8-11)20-9-12-7-13(16)4-5-14(12)21-15(17)18/h2-8,10,15,20H,9H2,1H3/t10-/m1/s1. The van der Waals surface area contributed by atoms with Crippen LogP contribution in [0.2, 0.25) is 5.02 Å². The number of hydrogen-bond donors (Lipinski definition) is 1. The Balaban J connectivity index is 2.07. The lowest BCUT2D eigenvalue weighted by atomic mass is 10.1. The van der Waals surface area contributed by atoms with Crippen LogP contribution in [0.4, 0.5) is 8.78 Å². The van der Waals surface area contributed by atoms with Crippen molar-refractivity contribution in [3.05, 3.63) is 58.9 Å². The molecule has 0 saturated carbocycles. The minimum atomic E-state index is -2.86. The fraction of sp³-hybridized carbons (Fsp3) is 0.267. The molecule has 0 aliphatic heterocycles. The van der Waals surface area contributed by atoms with E-state index in [1.807, 2.05) is 19.1 Å². The molecule has 1 heterocycles. The van der Waals surface area contributed by atoms with Crippen LogP contribution in [0.15, 0.2) is 42.7 Å². The molecule has 0 amide bonds. The van der Waals surface area contributed by atoms with Crippen molar-refractivity contribution in [1.82, 2.24) is 10.3 Å². The number of benzene rings is 1. The minimum absolute atomic E-state index is 0.0251. The molecule has 1 aromatic heterocycles. The molecule has 1 aromatic carbocycles. The summed E-state index contributed by atoms with van der Waals surface area (Å²) in [5.74, 6) is 0.125. The number of nitrogens with one attached hydrogen (secondary N) is 1. The predicted molar refractivity (Wildman–Crippen MR) is 77.6 cm³/mol. The van der Waals surface area contributed by atoms with E-state index >= 15 is 0 Å². The van der Waals surface area contributed by atoms with E-state index in [0.29, 0.717) is 17.1 Å². The molecular formula is C15H15ClF2N2O. The second kappa shape index (κ2) is 7.33. The molecule has 1 atom stereocenters. The lowest BCUT2D eigenvalue weighted by Crippen LogP contribution is -2.19. The smallest absolute Gasteiger partial charge is 0.387 e. The molecule has 0 bridgehead atoms. The molecular weight excluding hydrogens is 298 g/mol. The lowest BCUT2D eigenvalue weighted by molar-refractivity contribution is -0.0505. The van der Waals surface area contributed by atoms with Crippen molar-refractivity contribution in [2.75, 3.05) is 0 Å². The lowest BCUT2D eigenvalue weighted by Gasteiger charge is -2.16. The Labute approximate surface area is 126 Å². The molecule has 0 spiro atoms. The van der Waals surface area contributed by atoms with Crippen LogP contribution < -0.4 is 10.1 Å². The summed E-state index contributed by atoms with van der Waals surface area (Å²) in [5, 5.41) is 3.71. The van der Waals surface area contributed by atoms with Crippen LogP contribution in [0.1, 0.15) is 24.1 Å². The third-order valence-electron chi connectivity index (χ3n) is 3.02. The van der Waals surface area contributed by atoms with Gasteiger partial charge in [-0.1, -0.05) is 17.7 Å². The summed E-state index contributed by atoms with van der Waals surface area (Å²) in [5.41, 5.74) is 1.59.